The van der Waals surface area contributed by atoms with Crippen LogP contribution in [0.15, 0.2) is 54.2 Å². The summed E-state index contributed by atoms with van der Waals surface area (Å²) in [5.41, 5.74) is 3.28. The van der Waals surface area contributed by atoms with Crippen molar-refractivity contribution in [2.75, 3.05) is 19.6 Å². The molecule has 1 aliphatic heterocycles. The lowest BCUT2D eigenvalue weighted by Gasteiger charge is -2.42. The molecule has 158 valence electrons. The minimum absolute atomic E-state index is 0.184. The maximum atomic E-state index is 13.2. The topological polar surface area (TPSA) is 50.2 Å². The van der Waals surface area contributed by atoms with E-state index in [4.69, 9.17) is 0 Å². The highest BCUT2D eigenvalue weighted by Gasteiger charge is 2.42. The van der Waals surface area contributed by atoms with Crippen LogP contribution in [0.3, 0.4) is 0 Å². The molecule has 4 rings (SSSR count). The summed E-state index contributed by atoms with van der Waals surface area (Å²) < 4.78 is 1.84. The van der Waals surface area contributed by atoms with E-state index in [1.165, 1.54) is 21.6 Å². The molecule has 0 aliphatic carbocycles. The molecule has 1 amide bonds. The Hall–Kier alpha value is -2.44. The van der Waals surface area contributed by atoms with Crippen molar-refractivity contribution in [3.05, 3.63) is 65.3 Å². The molecule has 5 nitrogen and oxygen atoms in total. The Morgan fingerprint density at radius 2 is 2.07 bits per heavy atom. The minimum atomic E-state index is -0.388. The van der Waals surface area contributed by atoms with Crippen LogP contribution in [0.25, 0.3) is 10.4 Å². The Balaban J connectivity index is 1.53. The Morgan fingerprint density at radius 1 is 1.23 bits per heavy atom. The quantitative estimate of drug-likeness (QED) is 0.623. The van der Waals surface area contributed by atoms with E-state index in [1.54, 1.807) is 11.3 Å². The van der Waals surface area contributed by atoms with Gasteiger partial charge in [-0.1, -0.05) is 30.3 Å². The molecule has 0 unspecified atom stereocenters. The molecular formula is C24H30N4OS. The zero-order valence-corrected chi connectivity index (χ0v) is 18.6. The lowest BCUT2D eigenvalue weighted by atomic mass is 9.74. The molecular weight excluding hydrogens is 392 g/mol. The molecule has 30 heavy (non-hydrogen) atoms. The maximum absolute atomic E-state index is 13.2. The van der Waals surface area contributed by atoms with Crippen LogP contribution in [-0.2, 0) is 24.8 Å². The number of benzene rings is 1. The van der Waals surface area contributed by atoms with Gasteiger partial charge in [0.1, 0.15) is 0 Å². The number of likely N-dealkylation sites (tertiary alicyclic amines) is 1. The van der Waals surface area contributed by atoms with Gasteiger partial charge in [-0.25, -0.2) is 0 Å². The van der Waals surface area contributed by atoms with Crippen molar-refractivity contribution < 1.29 is 4.79 Å². The van der Waals surface area contributed by atoms with Crippen molar-refractivity contribution >= 4 is 17.2 Å². The van der Waals surface area contributed by atoms with E-state index in [-0.39, 0.29) is 11.3 Å². The molecule has 1 atom stereocenters. The van der Waals surface area contributed by atoms with Crippen LogP contribution in [0.2, 0.25) is 0 Å². The maximum Gasteiger partial charge on any atom is 0.227 e. The van der Waals surface area contributed by atoms with Gasteiger partial charge < -0.3 is 5.32 Å². The standard InChI is InChI=1S/C24H30N4OS/c1-3-25-23(29)24(11-5-12-28(18-24)17-20-15-26-27(2)16-20)14-19-7-9-21(10-8-19)22-6-4-13-30-22/h4,6-10,13,15-16H,3,5,11-12,14,17-18H2,1-2H3,(H,25,29)/t24-/m0/s1. The lowest BCUT2D eigenvalue weighted by Crippen LogP contribution is -2.52. The average molecular weight is 423 g/mol. The van der Waals surface area contributed by atoms with Gasteiger partial charge in [-0.3, -0.25) is 14.4 Å². The molecule has 1 aromatic carbocycles. The van der Waals surface area contributed by atoms with Gasteiger partial charge in [0, 0.05) is 43.3 Å². The summed E-state index contributed by atoms with van der Waals surface area (Å²) in [6.07, 6.45) is 6.71. The van der Waals surface area contributed by atoms with Gasteiger partial charge in [0.05, 0.1) is 11.6 Å². The molecule has 0 radical (unpaired) electrons. The van der Waals surface area contributed by atoms with Gasteiger partial charge >= 0.3 is 0 Å². The lowest BCUT2D eigenvalue weighted by molar-refractivity contribution is -0.134. The monoisotopic (exact) mass is 422 g/mol. The van der Waals surface area contributed by atoms with Gasteiger partial charge in [-0.2, -0.15) is 5.10 Å². The van der Waals surface area contributed by atoms with Crippen LogP contribution in [0, 0.1) is 5.41 Å². The molecule has 3 heterocycles. The fraction of sp³-hybridized carbons (Fsp3) is 0.417. The van der Waals surface area contributed by atoms with Crippen LogP contribution in [0.5, 0.6) is 0 Å². The van der Waals surface area contributed by atoms with E-state index < -0.39 is 0 Å². The molecule has 2 aromatic heterocycles. The number of aromatic nitrogens is 2. The number of piperidine rings is 1. The number of hydrogen-bond donors (Lipinski definition) is 1. The molecule has 0 saturated carbocycles. The number of nitrogens with one attached hydrogen (secondary N) is 1. The molecule has 3 aromatic rings. The summed E-state index contributed by atoms with van der Waals surface area (Å²) >= 11 is 1.75. The molecule has 1 fully saturated rings. The van der Waals surface area contributed by atoms with Crippen molar-refractivity contribution in [1.29, 1.82) is 0 Å². The number of carbonyl (C=O) groups excluding carboxylic acids is 1. The molecule has 6 heteroatoms. The molecule has 1 saturated heterocycles. The normalized spacial score (nSPS) is 19.7. The van der Waals surface area contributed by atoms with Gasteiger partial charge in [0.25, 0.3) is 0 Å². The van der Waals surface area contributed by atoms with E-state index in [9.17, 15) is 4.79 Å². The Bertz CT molecular complexity index is 964. The smallest absolute Gasteiger partial charge is 0.227 e. The predicted octanol–water partition coefficient (Wildman–Crippen LogP) is 4.11. The number of thiophene rings is 1. The third-order valence-corrected chi connectivity index (χ3v) is 6.86. The zero-order valence-electron chi connectivity index (χ0n) is 17.8. The summed E-state index contributed by atoms with van der Waals surface area (Å²) in [5, 5.41) is 9.51. The largest absolute Gasteiger partial charge is 0.356 e. The Labute approximate surface area is 182 Å². The summed E-state index contributed by atoms with van der Waals surface area (Å²) in [7, 11) is 1.94. The number of hydrogen-bond acceptors (Lipinski definition) is 4. The highest BCUT2D eigenvalue weighted by Crippen LogP contribution is 2.35. The Kier molecular flexibility index (Phi) is 6.35. The van der Waals surface area contributed by atoms with Crippen LogP contribution < -0.4 is 5.32 Å². The number of rotatable bonds is 7. The SMILES string of the molecule is CCNC(=O)[C@]1(Cc2ccc(-c3cccs3)cc2)CCCN(Cc2cnn(C)c2)C1. The van der Waals surface area contributed by atoms with E-state index in [2.05, 4.69) is 63.3 Å². The number of amides is 1. The van der Waals surface area contributed by atoms with Gasteiger partial charge in [0.2, 0.25) is 5.91 Å². The van der Waals surface area contributed by atoms with Crippen LogP contribution >= 0.6 is 11.3 Å². The highest BCUT2D eigenvalue weighted by molar-refractivity contribution is 7.13. The first-order chi connectivity index (χ1) is 14.6. The average Bonchev–Trinajstić information content (AvgIpc) is 3.41. The summed E-state index contributed by atoms with van der Waals surface area (Å²) in [6, 6.07) is 13.0. The number of nitrogens with zero attached hydrogens (tertiary/aromatic N) is 3. The fourth-order valence-electron chi connectivity index (χ4n) is 4.55. The van der Waals surface area contributed by atoms with Crippen LogP contribution in [0.1, 0.15) is 30.9 Å². The van der Waals surface area contributed by atoms with E-state index in [1.807, 2.05) is 24.9 Å². The fourth-order valence-corrected chi connectivity index (χ4v) is 5.29. The third kappa shape index (κ3) is 4.65. The van der Waals surface area contributed by atoms with Crippen molar-refractivity contribution in [2.24, 2.45) is 12.5 Å². The second-order valence-corrected chi connectivity index (χ2v) is 9.27. The second kappa shape index (κ2) is 9.14. The first-order valence-corrected chi connectivity index (χ1v) is 11.6. The van der Waals surface area contributed by atoms with Crippen molar-refractivity contribution in [3.8, 4) is 10.4 Å². The second-order valence-electron chi connectivity index (χ2n) is 8.33. The van der Waals surface area contributed by atoms with Gasteiger partial charge in [-0.15, -0.1) is 11.3 Å². The molecule has 0 spiro atoms. The third-order valence-electron chi connectivity index (χ3n) is 5.94. The Morgan fingerprint density at radius 3 is 2.73 bits per heavy atom. The highest BCUT2D eigenvalue weighted by atomic mass is 32.1. The predicted molar refractivity (Wildman–Crippen MR) is 122 cm³/mol. The molecule has 1 N–H and O–H groups in total. The van der Waals surface area contributed by atoms with Crippen molar-refractivity contribution in [3.63, 3.8) is 0 Å². The van der Waals surface area contributed by atoms with Crippen molar-refractivity contribution in [2.45, 2.75) is 32.7 Å². The van der Waals surface area contributed by atoms with E-state index >= 15 is 0 Å². The summed E-state index contributed by atoms with van der Waals surface area (Å²) in [6.45, 7) is 5.30. The van der Waals surface area contributed by atoms with Gasteiger partial charge in [-0.05, 0) is 55.3 Å². The summed E-state index contributed by atoms with van der Waals surface area (Å²) in [4.78, 5) is 16.9. The number of aryl methyl sites for hydroxylation is 1. The zero-order chi connectivity index (χ0) is 21.0. The first kappa shape index (κ1) is 20.8. The minimum Gasteiger partial charge on any atom is -0.356 e. The van der Waals surface area contributed by atoms with E-state index in [0.29, 0.717) is 6.54 Å². The summed E-state index contributed by atoms with van der Waals surface area (Å²) in [5.74, 6) is 0.184. The van der Waals surface area contributed by atoms with Crippen LogP contribution in [-0.4, -0.2) is 40.2 Å². The van der Waals surface area contributed by atoms with Gasteiger partial charge in [0.15, 0.2) is 0 Å². The van der Waals surface area contributed by atoms with Crippen molar-refractivity contribution in [1.82, 2.24) is 20.0 Å². The first-order valence-electron chi connectivity index (χ1n) is 10.7. The van der Waals surface area contributed by atoms with E-state index in [0.717, 1.165) is 38.9 Å². The molecule has 1 aliphatic rings. The number of carbonyl (C=O) groups is 1. The molecule has 0 bridgehead atoms. The van der Waals surface area contributed by atoms with Crippen LogP contribution in [0.4, 0.5) is 0 Å².